The zero-order valence-electron chi connectivity index (χ0n) is 18.1. The summed E-state index contributed by atoms with van der Waals surface area (Å²) in [5.41, 5.74) is 8.96. The van der Waals surface area contributed by atoms with Crippen molar-refractivity contribution < 1.29 is 9.59 Å². The summed E-state index contributed by atoms with van der Waals surface area (Å²) in [5.74, 6) is 0.254. The van der Waals surface area contributed by atoms with Crippen molar-refractivity contribution in [2.75, 3.05) is 5.32 Å². The number of amides is 2. The Morgan fingerprint density at radius 3 is 2.35 bits per heavy atom. The molecule has 2 aliphatic carbocycles. The SMILES string of the molecule is NC1CCCCC1N(Cc1cccc(NC(=O)C2CCCC2)c1)C(=O)c1ccccc1. The number of carbonyl (C=O) groups excluding carboxylic acids is 2. The summed E-state index contributed by atoms with van der Waals surface area (Å²) in [6.07, 6.45) is 8.31. The lowest BCUT2D eigenvalue weighted by Crippen LogP contribution is -2.51. The van der Waals surface area contributed by atoms with Crippen LogP contribution in [0.2, 0.25) is 0 Å². The van der Waals surface area contributed by atoms with E-state index in [4.69, 9.17) is 5.73 Å². The zero-order chi connectivity index (χ0) is 21.6. The van der Waals surface area contributed by atoms with Gasteiger partial charge in [0.2, 0.25) is 5.91 Å². The molecule has 0 spiro atoms. The topological polar surface area (TPSA) is 75.4 Å². The van der Waals surface area contributed by atoms with Gasteiger partial charge in [0, 0.05) is 35.8 Å². The highest BCUT2D eigenvalue weighted by molar-refractivity contribution is 5.94. The number of hydrogen-bond acceptors (Lipinski definition) is 3. The van der Waals surface area contributed by atoms with Gasteiger partial charge in [-0.2, -0.15) is 0 Å². The Kier molecular flexibility index (Phi) is 7.03. The van der Waals surface area contributed by atoms with Gasteiger partial charge in [-0.3, -0.25) is 9.59 Å². The lowest BCUT2D eigenvalue weighted by Gasteiger charge is -2.38. The molecule has 164 valence electrons. The second-order valence-electron chi connectivity index (χ2n) is 8.99. The average molecular weight is 420 g/mol. The summed E-state index contributed by atoms with van der Waals surface area (Å²) in [6, 6.07) is 17.3. The molecule has 2 aliphatic rings. The molecule has 0 heterocycles. The Morgan fingerprint density at radius 1 is 0.903 bits per heavy atom. The van der Waals surface area contributed by atoms with Crippen LogP contribution in [0.1, 0.15) is 67.3 Å². The molecule has 5 nitrogen and oxygen atoms in total. The van der Waals surface area contributed by atoms with Crippen LogP contribution in [-0.2, 0) is 11.3 Å². The van der Waals surface area contributed by atoms with Gasteiger partial charge in [0.05, 0.1) is 0 Å². The summed E-state index contributed by atoms with van der Waals surface area (Å²) in [4.78, 5) is 27.9. The third-order valence-corrected chi connectivity index (χ3v) is 6.74. The number of nitrogens with two attached hydrogens (primary N) is 1. The number of nitrogens with zero attached hydrogens (tertiary/aromatic N) is 1. The number of carbonyl (C=O) groups is 2. The molecular weight excluding hydrogens is 386 g/mol. The Balaban J connectivity index is 1.53. The minimum Gasteiger partial charge on any atom is -0.330 e. The number of nitrogens with one attached hydrogen (secondary N) is 1. The molecule has 0 aromatic heterocycles. The van der Waals surface area contributed by atoms with Crippen molar-refractivity contribution in [1.82, 2.24) is 4.90 Å². The fourth-order valence-corrected chi connectivity index (χ4v) is 4.99. The highest BCUT2D eigenvalue weighted by Crippen LogP contribution is 2.28. The molecule has 0 saturated heterocycles. The first-order valence-electron chi connectivity index (χ1n) is 11.6. The number of rotatable bonds is 6. The fraction of sp³-hybridized carbons (Fsp3) is 0.462. The predicted molar refractivity (Wildman–Crippen MR) is 124 cm³/mol. The molecule has 2 atom stereocenters. The van der Waals surface area contributed by atoms with Gasteiger partial charge in [-0.05, 0) is 55.5 Å². The molecule has 2 saturated carbocycles. The average Bonchev–Trinajstić information content (AvgIpc) is 3.34. The normalized spacial score (nSPS) is 21.6. The van der Waals surface area contributed by atoms with Gasteiger partial charge in [-0.25, -0.2) is 0 Å². The molecule has 2 aromatic carbocycles. The first kappa shape index (κ1) is 21.6. The van der Waals surface area contributed by atoms with Crippen LogP contribution in [0.25, 0.3) is 0 Å². The van der Waals surface area contributed by atoms with Gasteiger partial charge in [0.25, 0.3) is 5.91 Å². The van der Waals surface area contributed by atoms with Crippen molar-refractivity contribution in [3.8, 4) is 0 Å². The number of hydrogen-bond donors (Lipinski definition) is 2. The van der Waals surface area contributed by atoms with Crippen molar-refractivity contribution in [3.63, 3.8) is 0 Å². The molecule has 2 fully saturated rings. The second-order valence-corrected chi connectivity index (χ2v) is 8.99. The van der Waals surface area contributed by atoms with E-state index in [-0.39, 0.29) is 29.8 Å². The maximum Gasteiger partial charge on any atom is 0.254 e. The molecule has 2 unspecified atom stereocenters. The Morgan fingerprint density at radius 2 is 1.61 bits per heavy atom. The minimum atomic E-state index is -0.00772. The standard InChI is InChI=1S/C26H33N3O2/c27-23-15-6-7-16-24(23)29(26(31)21-12-2-1-3-13-21)18-19-9-8-14-22(17-19)28-25(30)20-10-4-5-11-20/h1-3,8-9,12-14,17,20,23-24H,4-7,10-11,15-16,18,27H2,(H,28,30). The third-order valence-electron chi connectivity index (χ3n) is 6.74. The van der Waals surface area contributed by atoms with Gasteiger partial charge >= 0.3 is 0 Å². The molecule has 3 N–H and O–H groups in total. The maximum absolute atomic E-state index is 13.4. The lowest BCUT2D eigenvalue weighted by atomic mass is 9.89. The van der Waals surface area contributed by atoms with Crippen molar-refractivity contribution in [2.24, 2.45) is 11.7 Å². The largest absolute Gasteiger partial charge is 0.330 e. The van der Waals surface area contributed by atoms with E-state index in [1.54, 1.807) is 0 Å². The van der Waals surface area contributed by atoms with E-state index < -0.39 is 0 Å². The smallest absolute Gasteiger partial charge is 0.254 e. The van der Waals surface area contributed by atoms with Crippen molar-refractivity contribution in [1.29, 1.82) is 0 Å². The third kappa shape index (κ3) is 5.34. The zero-order valence-corrected chi connectivity index (χ0v) is 18.1. The molecule has 0 bridgehead atoms. The van der Waals surface area contributed by atoms with Crippen LogP contribution in [0.5, 0.6) is 0 Å². The fourth-order valence-electron chi connectivity index (χ4n) is 4.99. The van der Waals surface area contributed by atoms with E-state index in [9.17, 15) is 9.59 Å². The molecule has 5 heteroatoms. The molecular formula is C26H33N3O2. The van der Waals surface area contributed by atoms with Crippen LogP contribution in [0, 0.1) is 5.92 Å². The van der Waals surface area contributed by atoms with E-state index in [1.807, 2.05) is 59.5 Å². The summed E-state index contributed by atoms with van der Waals surface area (Å²) >= 11 is 0. The van der Waals surface area contributed by atoms with Crippen LogP contribution in [0.4, 0.5) is 5.69 Å². The van der Waals surface area contributed by atoms with Gasteiger partial charge in [-0.15, -0.1) is 0 Å². The number of anilines is 1. The first-order valence-corrected chi connectivity index (χ1v) is 11.6. The summed E-state index contributed by atoms with van der Waals surface area (Å²) in [5, 5.41) is 3.08. The Hall–Kier alpha value is -2.66. The molecule has 2 amide bonds. The maximum atomic E-state index is 13.4. The Labute approximate surface area is 185 Å². The quantitative estimate of drug-likeness (QED) is 0.711. The lowest BCUT2D eigenvalue weighted by molar-refractivity contribution is -0.119. The first-order chi connectivity index (χ1) is 15.1. The van der Waals surface area contributed by atoms with Crippen LogP contribution in [0.15, 0.2) is 54.6 Å². The molecule has 0 aliphatic heterocycles. The van der Waals surface area contributed by atoms with E-state index in [0.717, 1.165) is 62.6 Å². The molecule has 4 rings (SSSR count). The molecule has 31 heavy (non-hydrogen) atoms. The minimum absolute atomic E-state index is 0.00772. The molecule has 0 radical (unpaired) electrons. The summed E-state index contributed by atoms with van der Waals surface area (Å²) < 4.78 is 0. The second kappa shape index (κ2) is 10.1. The van der Waals surface area contributed by atoms with E-state index >= 15 is 0 Å². The van der Waals surface area contributed by atoms with E-state index in [2.05, 4.69) is 5.32 Å². The number of benzene rings is 2. The van der Waals surface area contributed by atoms with E-state index in [1.165, 1.54) is 0 Å². The summed E-state index contributed by atoms with van der Waals surface area (Å²) in [7, 11) is 0. The van der Waals surface area contributed by atoms with Crippen molar-refractivity contribution in [2.45, 2.75) is 70.0 Å². The molecule has 2 aromatic rings. The van der Waals surface area contributed by atoms with Crippen LogP contribution >= 0.6 is 0 Å². The van der Waals surface area contributed by atoms with Gasteiger partial charge < -0.3 is 16.0 Å². The van der Waals surface area contributed by atoms with Crippen LogP contribution < -0.4 is 11.1 Å². The van der Waals surface area contributed by atoms with Crippen LogP contribution in [-0.4, -0.2) is 28.8 Å². The Bertz CT molecular complexity index is 893. The van der Waals surface area contributed by atoms with Crippen molar-refractivity contribution >= 4 is 17.5 Å². The van der Waals surface area contributed by atoms with Gasteiger partial charge in [0.15, 0.2) is 0 Å². The highest BCUT2D eigenvalue weighted by atomic mass is 16.2. The summed E-state index contributed by atoms with van der Waals surface area (Å²) in [6.45, 7) is 0.485. The van der Waals surface area contributed by atoms with E-state index in [0.29, 0.717) is 12.1 Å². The van der Waals surface area contributed by atoms with Crippen molar-refractivity contribution in [3.05, 3.63) is 65.7 Å². The van der Waals surface area contributed by atoms with Gasteiger partial charge in [0.1, 0.15) is 0 Å². The predicted octanol–water partition coefficient (Wildman–Crippen LogP) is 4.73. The monoisotopic (exact) mass is 419 g/mol. The van der Waals surface area contributed by atoms with Crippen LogP contribution in [0.3, 0.4) is 0 Å². The van der Waals surface area contributed by atoms with Gasteiger partial charge in [-0.1, -0.05) is 56.0 Å². The highest BCUT2D eigenvalue weighted by Gasteiger charge is 2.31.